The van der Waals surface area contributed by atoms with Crippen LogP contribution >= 0.6 is 27.3 Å². The van der Waals surface area contributed by atoms with E-state index >= 15 is 0 Å². The largest absolute Gasteiger partial charge is 0.303 e. The van der Waals surface area contributed by atoms with Gasteiger partial charge < -0.3 is 5.32 Å². The molecule has 0 radical (unpaired) electrons. The second kappa shape index (κ2) is 6.11. The Hall–Kier alpha value is -0.780. The van der Waals surface area contributed by atoms with Crippen LogP contribution in [0.5, 0.6) is 0 Å². The number of hydrogen-bond acceptors (Lipinski definition) is 2. The molecule has 0 bridgehead atoms. The second-order valence-electron chi connectivity index (χ2n) is 4.41. The number of thiophene rings is 1. The summed E-state index contributed by atoms with van der Waals surface area (Å²) in [7, 11) is 0. The molecule has 0 aliphatic carbocycles. The molecule has 2 rings (SSSR count). The fourth-order valence-corrected chi connectivity index (χ4v) is 3.48. The Labute approximate surface area is 123 Å². The molecule has 0 saturated carbocycles. The van der Waals surface area contributed by atoms with E-state index < -0.39 is 17.7 Å². The van der Waals surface area contributed by atoms with Gasteiger partial charge in [-0.2, -0.15) is 0 Å². The first-order valence-corrected chi connectivity index (χ1v) is 7.60. The van der Waals surface area contributed by atoms with E-state index in [1.807, 2.05) is 18.4 Å². The van der Waals surface area contributed by atoms with Crippen molar-refractivity contribution < 1.29 is 8.78 Å². The molecule has 5 heteroatoms. The van der Waals surface area contributed by atoms with Crippen molar-refractivity contribution in [1.82, 2.24) is 5.32 Å². The molecule has 2 unspecified atom stereocenters. The summed E-state index contributed by atoms with van der Waals surface area (Å²) in [5.41, 5.74) is 0.0879. The predicted molar refractivity (Wildman–Crippen MR) is 78.3 cm³/mol. The van der Waals surface area contributed by atoms with Gasteiger partial charge in [0.2, 0.25) is 0 Å². The van der Waals surface area contributed by atoms with Gasteiger partial charge in [0.15, 0.2) is 0 Å². The van der Waals surface area contributed by atoms with E-state index in [9.17, 15) is 8.78 Å². The molecule has 0 spiro atoms. The number of rotatable bonds is 4. The zero-order valence-corrected chi connectivity index (χ0v) is 13.0. The van der Waals surface area contributed by atoms with Gasteiger partial charge in [-0.3, -0.25) is 0 Å². The molecule has 1 nitrogen and oxygen atoms in total. The first kappa shape index (κ1) is 14.6. The minimum atomic E-state index is -0.514. The van der Waals surface area contributed by atoms with Crippen LogP contribution in [0.3, 0.4) is 0 Å². The van der Waals surface area contributed by atoms with E-state index in [1.165, 1.54) is 18.2 Å². The lowest BCUT2D eigenvalue weighted by molar-refractivity contribution is 0.453. The lowest BCUT2D eigenvalue weighted by atomic mass is 10.1. The maximum atomic E-state index is 13.7. The van der Waals surface area contributed by atoms with Crippen LogP contribution in [-0.4, -0.2) is 0 Å². The third-order valence-electron chi connectivity index (χ3n) is 2.95. The topological polar surface area (TPSA) is 12.0 Å². The summed E-state index contributed by atoms with van der Waals surface area (Å²) in [6, 6.07) is 5.58. The van der Waals surface area contributed by atoms with Crippen molar-refractivity contribution in [1.29, 1.82) is 0 Å². The molecule has 2 atom stereocenters. The summed E-state index contributed by atoms with van der Waals surface area (Å²) in [6.45, 7) is 3.74. The van der Waals surface area contributed by atoms with Crippen LogP contribution in [0.25, 0.3) is 0 Å². The minimum absolute atomic E-state index is 0.0327. The summed E-state index contributed by atoms with van der Waals surface area (Å²) < 4.78 is 28.4. The summed E-state index contributed by atoms with van der Waals surface area (Å²) >= 11 is 5.00. The molecule has 0 aliphatic heterocycles. The molecule has 1 aromatic carbocycles. The van der Waals surface area contributed by atoms with Crippen LogP contribution in [0, 0.1) is 11.6 Å². The zero-order chi connectivity index (χ0) is 14.0. The second-order valence-corrected chi connectivity index (χ2v) is 6.27. The molecule has 102 valence electrons. The Morgan fingerprint density at radius 2 is 1.79 bits per heavy atom. The maximum Gasteiger partial charge on any atom is 0.130 e. The van der Waals surface area contributed by atoms with Crippen LogP contribution in [-0.2, 0) is 0 Å². The molecule has 1 N–H and O–H groups in total. The molecule has 0 saturated heterocycles. The molecular weight excluding hydrogens is 332 g/mol. The maximum absolute atomic E-state index is 13.7. The Kier molecular flexibility index (Phi) is 4.71. The quantitative estimate of drug-likeness (QED) is 0.802. The van der Waals surface area contributed by atoms with Crippen LogP contribution < -0.4 is 5.32 Å². The van der Waals surface area contributed by atoms with Crippen molar-refractivity contribution in [2.45, 2.75) is 25.9 Å². The average molecular weight is 346 g/mol. The smallest absolute Gasteiger partial charge is 0.130 e. The summed E-state index contributed by atoms with van der Waals surface area (Å²) in [5, 5.41) is 5.20. The van der Waals surface area contributed by atoms with Crippen LogP contribution in [0.1, 0.15) is 36.4 Å². The van der Waals surface area contributed by atoms with Gasteiger partial charge in [-0.25, -0.2) is 8.78 Å². The molecule has 0 fully saturated rings. The molecule has 2 aromatic rings. The zero-order valence-electron chi connectivity index (χ0n) is 10.6. The highest BCUT2D eigenvalue weighted by Crippen LogP contribution is 2.28. The van der Waals surface area contributed by atoms with Gasteiger partial charge in [0, 0.05) is 32.4 Å². The highest BCUT2D eigenvalue weighted by molar-refractivity contribution is 9.10. The summed E-state index contributed by atoms with van der Waals surface area (Å²) in [6.07, 6.45) is 0. The number of halogens is 3. The van der Waals surface area contributed by atoms with Gasteiger partial charge in [0.1, 0.15) is 11.6 Å². The van der Waals surface area contributed by atoms with E-state index in [4.69, 9.17) is 0 Å². The van der Waals surface area contributed by atoms with Crippen molar-refractivity contribution in [3.63, 3.8) is 0 Å². The Bertz CT molecular complexity index is 550. The van der Waals surface area contributed by atoms with E-state index in [0.29, 0.717) is 0 Å². The highest BCUT2D eigenvalue weighted by atomic mass is 79.9. The van der Waals surface area contributed by atoms with E-state index in [2.05, 4.69) is 21.2 Å². The number of benzene rings is 1. The van der Waals surface area contributed by atoms with E-state index in [-0.39, 0.29) is 11.6 Å². The third-order valence-corrected chi connectivity index (χ3v) is 4.82. The van der Waals surface area contributed by atoms with Gasteiger partial charge in [-0.15, -0.1) is 11.3 Å². The lowest BCUT2D eigenvalue weighted by Gasteiger charge is -2.20. The van der Waals surface area contributed by atoms with Gasteiger partial charge in [0.25, 0.3) is 0 Å². The molecule has 1 aromatic heterocycles. The molecule has 1 heterocycles. The molecular formula is C14H14BrF2NS. The normalized spacial score (nSPS) is 14.4. The Morgan fingerprint density at radius 1 is 1.16 bits per heavy atom. The van der Waals surface area contributed by atoms with Gasteiger partial charge in [0.05, 0.1) is 0 Å². The SMILES string of the molecule is CC(NC(C)c1c(F)cccc1F)c1cc(Br)cs1. The van der Waals surface area contributed by atoms with Crippen molar-refractivity contribution in [3.05, 3.63) is 56.2 Å². The van der Waals surface area contributed by atoms with Crippen LogP contribution in [0.2, 0.25) is 0 Å². The van der Waals surface area contributed by atoms with Crippen LogP contribution in [0.4, 0.5) is 8.78 Å². The number of nitrogens with one attached hydrogen (secondary N) is 1. The summed E-state index contributed by atoms with van der Waals surface area (Å²) in [4.78, 5) is 1.12. The highest BCUT2D eigenvalue weighted by Gasteiger charge is 2.18. The van der Waals surface area contributed by atoms with Gasteiger partial charge in [-0.05, 0) is 48.0 Å². The summed E-state index contributed by atoms with van der Waals surface area (Å²) in [5.74, 6) is -1.03. The number of hydrogen-bond donors (Lipinski definition) is 1. The van der Waals surface area contributed by atoms with Gasteiger partial charge in [-0.1, -0.05) is 6.07 Å². The van der Waals surface area contributed by atoms with Crippen molar-refractivity contribution in [3.8, 4) is 0 Å². The molecule has 19 heavy (non-hydrogen) atoms. The fraction of sp³-hybridized carbons (Fsp3) is 0.286. The minimum Gasteiger partial charge on any atom is -0.303 e. The van der Waals surface area contributed by atoms with E-state index in [1.54, 1.807) is 18.3 Å². The van der Waals surface area contributed by atoms with Gasteiger partial charge >= 0.3 is 0 Å². The lowest BCUT2D eigenvalue weighted by Crippen LogP contribution is -2.23. The Morgan fingerprint density at radius 3 is 2.32 bits per heavy atom. The predicted octanol–water partition coefficient (Wildman–Crippen LogP) is 5.20. The fourth-order valence-electron chi connectivity index (χ4n) is 2.02. The van der Waals surface area contributed by atoms with Crippen LogP contribution in [0.15, 0.2) is 34.1 Å². The van der Waals surface area contributed by atoms with Crippen molar-refractivity contribution >= 4 is 27.3 Å². The molecule has 0 aliphatic rings. The van der Waals surface area contributed by atoms with Crippen molar-refractivity contribution in [2.75, 3.05) is 0 Å². The first-order valence-electron chi connectivity index (χ1n) is 5.93. The average Bonchev–Trinajstić information content (AvgIpc) is 2.75. The Balaban J connectivity index is 2.15. The first-order chi connectivity index (χ1) is 8.99. The standard InChI is InChI=1S/C14H14BrF2NS/c1-8(13-6-10(15)7-19-13)18-9(2)14-11(16)4-3-5-12(14)17/h3-9,18H,1-2H3. The van der Waals surface area contributed by atoms with Crippen molar-refractivity contribution in [2.24, 2.45) is 0 Å². The monoisotopic (exact) mass is 345 g/mol. The third kappa shape index (κ3) is 3.41. The van der Waals surface area contributed by atoms with E-state index in [0.717, 1.165) is 9.35 Å². The molecule has 0 amide bonds.